The summed E-state index contributed by atoms with van der Waals surface area (Å²) in [7, 11) is 1.96. The van der Waals surface area contributed by atoms with Crippen LogP contribution in [0, 0.1) is 19.7 Å². The monoisotopic (exact) mass is 465 g/mol. The number of thiocarbonyl (C=S) groups is 1. The fraction of sp³-hybridized carbons (Fsp3) is 0.346. The molecule has 0 aliphatic carbocycles. The summed E-state index contributed by atoms with van der Waals surface area (Å²) in [6, 6.07) is 8.80. The van der Waals surface area contributed by atoms with Crippen molar-refractivity contribution < 1.29 is 14.0 Å². The number of halogens is 1. The molecule has 5 nitrogen and oxygen atoms in total. The molecule has 2 aromatic carbocycles. The lowest BCUT2D eigenvalue weighted by molar-refractivity contribution is -0.122. The summed E-state index contributed by atoms with van der Waals surface area (Å²) in [5.41, 5.74) is 4.25. The third-order valence-electron chi connectivity index (χ3n) is 6.97. The summed E-state index contributed by atoms with van der Waals surface area (Å²) in [5, 5.41) is 2.60. The van der Waals surface area contributed by atoms with Crippen LogP contribution in [0.3, 0.4) is 0 Å². The molecule has 2 heterocycles. The minimum absolute atomic E-state index is 0.0132. The molecule has 0 radical (unpaired) electrons. The van der Waals surface area contributed by atoms with E-state index in [-0.39, 0.29) is 27.7 Å². The Balaban J connectivity index is 1.79. The molecule has 0 saturated carbocycles. The predicted octanol–water partition coefficient (Wildman–Crippen LogP) is 5.00. The SMILES string of the molecule is Cc1cccc(N2C(=O)/C(=C\c3cc4c(cc3F)N(C)C(C)(C)CC4C)C(=O)NC2=S)c1C. The summed E-state index contributed by atoms with van der Waals surface area (Å²) in [6.45, 7) is 10.2. The molecule has 7 heteroatoms. The van der Waals surface area contributed by atoms with E-state index in [0.29, 0.717) is 5.69 Å². The number of carbonyl (C=O) groups excluding carboxylic acids is 2. The lowest BCUT2D eigenvalue weighted by Crippen LogP contribution is -2.54. The molecule has 0 spiro atoms. The third kappa shape index (κ3) is 3.84. The Morgan fingerprint density at radius 2 is 1.88 bits per heavy atom. The van der Waals surface area contributed by atoms with Crippen LogP contribution in [0.25, 0.3) is 6.08 Å². The molecule has 1 N–H and O–H groups in total. The van der Waals surface area contributed by atoms with Gasteiger partial charge in [-0.15, -0.1) is 0 Å². The van der Waals surface area contributed by atoms with Crippen molar-refractivity contribution in [2.24, 2.45) is 0 Å². The molecule has 2 aliphatic heterocycles. The second-order valence-electron chi connectivity index (χ2n) is 9.59. The molecule has 0 aromatic heterocycles. The van der Waals surface area contributed by atoms with Gasteiger partial charge in [0.25, 0.3) is 11.8 Å². The smallest absolute Gasteiger partial charge is 0.270 e. The molecule has 33 heavy (non-hydrogen) atoms. The largest absolute Gasteiger partial charge is 0.369 e. The van der Waals surface area contributed by atoms with E-state index in [9.17, 15) is 9.59 Å². The summed E-state index contributed by atoms with van der Waals surface area (Å²) in [5.74, 6) is -1.47. The van der Waals surface area contributed by atoms with Gasteiger partial charge in [0, 0.05) is 23.8 Å². The van der Waals surface area contributed by atoms with Crippen molar-refractivity contribution in [2.75, 3.05) is 16.8 Å². The van der Waals surface area contributed by atoms with Gasteiger partial charge in [0.05, 0.1) is 5.69 Å². The third-order valence-corrected chi connectivity index (χ3v) is 7.26. The highest BCUT2D eigenvalue weighted by molar-refractivity contribution is 7.80. The number of nitrogens with zero attached hydrogens (tertiary/aromatic N) is 2. The minimum atomic E-state index is -0.630. The van der Waals surface area contributed by atoms with Gasteiger partial charge in [-0.2, -0.15) is 0 Å². The second kappa shape index (κ2) is 8.06. The molecule has 4 rings (SSSR count). The number of benzene rings is 2. The highest BCUT2D eigenvalue weighted by Crippen LogP contribution is 2.43. The molecule has 2 aromatic rings. The van der Waals surface area contributed by atoms with Crippen molar-refractivity contribution in [2.45, 2.75) is 52.5 Å². The van der Waals surface area contributed by atoms with Crippen LogP contribution in [-0.4, -0.2) is 29.5 Å². The van der Waals surface area contributed by atoms with E-state index in [1.165, 1.54) is 17.0 Å². The Labute approximate surface area is 199 Å². The van der Waals surface area contributed by atoms with Gasteiger partial charge in [0.2, 0.25) is 0 Å². The van der Waals surface area contributed by atoms with Crippen molar-refractivity contribution >= 4 is 46.6 Å². The fourth-order valence-electron chi connectivity index (χ4n) is 4.72. The predicted molar refractivity (Wildman–Crippen MR) is 134 cm³/mol. The fourth-order valence-corrected chi connectivity index (χ4v) is 5.00. The highest BCUT2D eigenvalue weighted by atomic mass is 32.1. The van der Waals surface area contributed by atoms with Gasteiger partial charge in [-0.25, -0.2) is 4.39 Å². The van der Waals surface area contributed by atoms with Crippen molar-refractivity contribution in [3.63, 3.8) is 0 Å². The Morgan fingerprint density at radius 1 is 1.18 bits per heavy atom. The van der Waals surface area contributed by atoms with E-state index >= 15 is 4.39 Å². The van der Waals surface area contributed by atoms with E-state index in [1.54, 1.807) is 12.1 Å². The second-order valence-corrected chi connectivity index (χ2v) is 9.97. The maximum Gasteiger partial charge on any atom is 0.270 e. The molecule has 1 fully saturated rings. The van der Waals surface area contributed by atoms with Crippen LogP contribution in [-0.2, 0) is 9.59 Å². The first-order valence-electron chi connectivity index (χ1n) is 11.0. The zero-order chi connectivity index (χ0) is 24.2. The van der Waals surface area contributed by atoms with Crippen LogP contribution in [0.1, 0.15) is 55.4 Å². The summed E-state index contributed by atoms with van der Waals surface area (Å²) < 4.78 is 15.2. The number of nitrogens with one attached hydrogen (secondary N) is 1. The summed E-state index contributed by atoms with van der Waals surface area (Å²) in [6.07, 6.45) is 2.24. The van der Waals surface area contributed by atoms with Crippen LogP contribution in [0.5, 0.6) is 0 Å². The molecule has 2 amide bonds. The maximum absolute atomic E-state index is 15.2. The van der Waals surface area contributed by atoms with E-state index < -0.39 is 17.6 Å². The highest BCUT2D eigenvalue weighted by Gasteiger charge is 2.37. The van der Waals surface area contributed by atoms with Crippen molar-refractivity contribution in [1.29, 1.82) is 0 Å². The van der Waals surface area contributed by atoms with E-state index in [1.807, 2.05) is 33.0 Å². The van der Waals surface area contributed by atoms with Gasteiger partial charge >= 0.3 is 0 Å². The number of fused-ring (bicyclic) bond motifs is 1. The Morgan fingerprint density at radius 3 is 2.58 bits per heavy atom. The molecule has 172 valence electrons. The van der Waals surface area contributed by atoms with Crippen molar-refractivity contribution in [1.82, 2.24) is 5.32 Å². The number of aryl methyl sites for hydroxylation is 1. The quantitative estimate of drug-likeness (QED) is 0.385. The van der Waals surface area contributed by atoms with Crippen LogP contribution in [0.15, 0.2) is 35.9 Å². The van der Waals surface area contributed by atoms with Crippen molar-refractivity contribution in [3.8, 4) is 0 Å². The van der Waals surface area contributed by atoms with Crippen LogP contribution in [0.4, 0.5) is 15.8 Å². The van der Waals surface area contributed by atoms with Gasteiger partial charge in [-0.05, 0) is 93.2 Å². The number of hydrogen-bond acceptors (Lipinski definition) is 4. The first-order chi connectivity index (χ1) is 15.4. The average molecular weight is 466 g/mol. The molecule has 2 aliphatic rings. The molecular weight excluding hydrogens is 437 g/mol. The topological polar surface area (TPSA) is 52.7 Å². The van der Waals surface area contributed by atoms with Gasteiger partial charge in [-0.1, -0.05) is 19.1 Å². The van der Waals surface area contributed by atoms with Crippen molar-refractivity contribution in [3.05, 3.63) is 64.0 Å². The zero-order valence-electron chi connectivity index (χ0n) is 19.7. The molecule has 0 bridgehead atoms. The van der Waals surface area contributed by atoms with E-state index in [0.717, 1.165) is 28.8 Å². The van der Waals surface area contributed by atoms with E-state index in [4.69, 9.17) is 12.2 Å². The Bertz CT molecular complexity index is 1230. The first-order valence-corrected chi connectivity index (χ1v) is 11.4. The van der Waals surface area contributed by atoms with Crippen LogP contribution < -0.4 is 15.1 Å². The number of carbonyl (C=O) groups is 2. The molecule has 1 saturated heterocycles. The van der Waals surface area contributed by atoms with Crippen LogP contribution >= 0.6 is 12.2 Å². The van der Waals surface area contributed by atoms with E-state index in [2.05, 4.69) is 31.0 Å². The lowest BCUT2D eigenvalue weighted by atomic mass is 9.80. The molecule has 1 atom stereocenters. The van der Waals surface area contributed by atoms with Gasteiger partial charge in [0.15, 0.2) is 5.11 Å². The minimum Gasteiger partial charge on any atom is -0.369 e. The average Bonchev–Trinajstić information content (AvgIpc) is 2.72. The lowest BCUT2D eigenvalue weighted by Gasteiger charge is -2.45. The number of anilines is 2. The molecular formula is C26H28FN3O2S. The Hall–Kier alpha value is -3.06. The summed E-state index contributed by atoms with van der Waals surface area (Å²) >= 11 is 5.31. The molecule has 1 unspecified atom stereocenters. The normalized spacial score (nSPS) is 21.4. The standard InChI is InChI=1S/C26H28FN3O2S/c1-14-8-7-9-21(16(14)3)30-24(32)19(23(31)28-25(30)33)11-17-10-18-15(2)13-26(4,5)29(6)22(18)12-20(17)27/h7-12,15H,13H2,1-6H3,(H,28,31,33)/b19-11-. The van der Waals surface area contributed by atoms with Gasteiger partial charge in [0.1, 0.15) is 11.4 Å². The first kappa shape index (κ1) is 23.1. The summed E-state index contributed by atoms with van der Waals surface area (Å²) in [4.78, 5) is 29.5. The zero-order valence-corrected chi connectivity index (χ0v) is 20.6. The number of hydrogen-bond donors (Lipinski definition) is 1. The van der Waals surface area contributed by atoms with Gasteiger partial charge < -0.3 is 4.90 Å². The van der Waals surface area contributed by atoms with Crippen LogP contribution in [0.2, 0.25) is 0 Å². The number of rotatable bonds is 2. The number of amides is 2. The maximum atomic E-state index is 15.2. The Kier molecular flexibility index (Phi) is 5.65. The van der Waals surface area contributed by atoms with Gasteiger partial charge in [-0.3, -0.25) is 19.8 Å².